The van der Waals surface area contributed by atoms with Gasteiger partial charge in [0, 0.05) is 0 Å². The summed E-state index contributed by atoms with van der Waals surface area (Å²) in [7, 11) is 0. The maximum absolute atomic E-state index is 9.38. The van der Waals surface area contributed by atoms with Crippen molar-refractivity contribution in [2.24, 2.45) is 5.92 Å². The number of carbonyl (C=O) groups excluding carboxylic acids is 1. The summed E-state index contributed by atoms with van der Waals surface area (Å²) in [5.41, 5.74) is 9.61. The Morgan fingerprint density at radius 2 is 1.72 bits per heavy atom. The summed E-state index contributed by atoms with van der Waals surface area (Å²) in [6.07, 6.45) is 1.78. The Morgan fingerprint density at radius 3 is 1.94 bits per heavy atom. The summed E-state index contributed by atoms with van der Waals surface area (Å²) in [6.45, 7) is 9.46. The Labute approximate surface area is 118 Å². The van der Waals surface area contributed by atoms with Crippen LogP contribution >= 0.6 is 0 Å². The summed E-state index contributed by atoms with van der Waals surface area (Å²) < 4.78 is 7.94. The molecule has 4 heteroatoms. The molecule has 0 saturated carbocycles. The first kappa shape index (κ1) is 19.5. The second-order valence-electron chi connectivity index (χ2n) is 4.77. The molecular formula is C14H21CoNO2-2. The van der Waals surface area contributed by atoms with Crippen LogP contribution in [0.3, 0.4) is 0 Å². The Kier molecular flexibility index (Phi) is 11.0. The molecule has 1 rings (SSSR count). The Morgan fingerprint density at radius 1 is 1.28 bits per heavy atom. The fourth-order valence-corrected chi connectivity index (χ4v) is 1.03. The molecular weight excluding hydrogens is 273 g/mol. The molecule has 0 spiro atoms. The number of rotatable bonds is 2. The topological polar surface area (TPSA) is 57.9 Å². The fraction of sp³-hybridized carbons (Fsp3) is 0.500. The molecule has 1 aromatic rings. The van der Waals surface area contributed by atoms with Crippen LogP contribution in [0.4, 0.5) is 0 Å². The molecule has 105 valence electrons. The van der Waals surface area contributed by atoms with Gasteiger partial charge in [0.1, 0.15) is 0 Å². The van der Waals surface area contributed by atoms with Gasteiger partial charge in [-0.1, -0.05) is 63.1 Å². The number of aryl methyl sites for hydroxylation is 1. The monoisotopic (exact) mass is 294 g/mol. The van der Waals surface area contributed by atoms with E-state index < -0.39 is 5.54 Å². The van der Waals surface area contributed by atoms with E-state index in [1.165, 1.54) is 5.56 Å². The standard InChI is InChI=1S/C10H14N.C4H7O.Co.O/c1-8-5-4-6-9(7-8)10(2,3)11;1-4(2)3-5;;/h4-7,11H,1-3H3;4H,1-2H3;;/q2*-1;;. The predicted octanol–water partition coefficient (Wildman–Crippen LogP) is 3.91. The van der Waals surface area contributed by atoms with Gasteiger partial charge in [0.25, 0.3) is 0 Å². The average Bonchev–Trinajstić information content (AvgIpc) is 2.31. The quantitative estimate of drug-likeness (QED) is 0.776. The molecule has 0 aliphatic carbocycles. The minimum absolute atomic E-state index is 0.0787. The first-order valence-electron chi connectivity index (χ1n) is 5.60. The first-order valence-corrected chi connectivity index (χ1v) is 6.03. The van der Waals surface area contributed by atoms with E-state index in [0.29, 0.717) is 0 Å². The van der Waals surface area contributed by atoms with Crippen LogP contribution in [-0.2, 0) is 29.9 Å². The molecule has 0 aliphatic heterocycles. The van der Waals surface area contributed by atoms with Crippen molar-refractivity contribution in [3.63, 3.8) is 0 Å². The molecule has 0 amide bonds. The molecule has 0 atom stereocenters. The van der Waals surface area contributed by atoms with E-state index in [1.807, 2.05) is 26.0 Å². The predicted molar refractivity (Wildman–Crippen MR) is 69.7 cm³/mol. The third kappa shape index (κ3) is 10.3. The van der Waals surface area contributed by atoms with Crippen LogP contribution in [0.1, 0.15) is 38.8 Å². The van der Waals surface area contributed by atoms with Crippen LogP contribution in [0.5, 0.6) is 0 Å². The van der Waals surface area contributed by atoms with E-state index in [-0.39, 0.29) is 5.92 Å². The number of hydrogen-bond donors (Lipinski definition) is 0. The van der Waals surface area contributed by atoms with Crippen LogP contribution in [0.15, 0.2) is 24.3 Å². The molecule has 0 unspecified atom stereocenters. The Hall–Kier alpha value is -0.844. The van der Waals surface area contributed by atoms with Crippen molar-refractivity contribution >= 4 is 6.29 Å². The second kappa shape index (κ2) is 10.1. The van der Waals surface area contributed by atoms with Crippen molar-refractivity contribution in [2.75, 3.05) is 0 Å². The van der Waals surface area contributed by atoms with E-state index in [1.54, 1.807) is 20.1 Å². The molecule has 0 radical (unpaired) electrons. The van der Waals surface area contributed by atoms with Crippen molar-refractivity contribution in [2.45, 2.75) is 40.2 Å². The van der Waals surface area contributed by atoms with E-state index in [9.17, 15) is 4.79 Å². The van der Waals surface area contributed by atoms with E-state index in [0.717, 1.165) is 5.56 Å². The summed E-state index contributed by atoms with van der Waals surface area (Å²) in [5, 5.41) is 0. The number of hydrogen-bond acceptors (Lipinski definition) is 2. The summed E-state index contributed by atoms with van der Waals surface area (Å²) in [4.78, 5) is 9.38. The Bertz CT molecular complexity index is 346. The van der Waals surface area contributed by atoms with Crippen molar-refractivity contribution in [3.8, 4) is 0 Å². The van der Waals surface area contributed by atoms with E-state index in [4.69, 9.17) is 9.60 Å². The summed E-state index contributed by atoms with van der Waals surface area (Å²) >= 11 is 2.31. The van der Waals surface area contributed by atoms with Gasteiger partial charge in [-0.05, 0) is 6.92 Å². The van der Waals surface area contributed by atoms with Gasteiger partial charge in [-0.3, -0.25) is 6.29 Å². The first-order chi connectivity index (χ1) is 8.27. The zero-order valence-electron chi connectivity index (χ0n) is 11.5. The molecule has 3 nitrogen and oxygen atoms in total. The zero-order valence-corrected chi connectivity index (χ0v) is 12.6. The van der Waals surface area contributed by atoms with Crippen molar-refractivity contribution in [1.82, 2.24) is 0 Å². The molecule has 0 saturated heterocycles. The van der Waals surface area contributed by atoms with Crippen LogP contribution in [-0.4, -0.2) is 6.29 Å². The van der Waals surface area contributed by atoms with Gasteiger partial charge in [-0.2, -0.15) is 0 Å². The molecule has 0 bridgehead atoms. The summed E-state index contributed by atoms with van der Waals surface area (Å²) in [6, 6.07) is 8.11. The van der Waals surface area contributed by atoms with E-state index in [2.05, 4.69) is 34.7 Å². The maximum atomic E-state index is 9.38. The van der Waals surface area contributed by atoms with Gasteiger partial charge in [0.15, 0.2) is 0 Å². The average molecular weight is 294 g/mol. The third-order valence-electron chi connectivity index (χ3n) is 1.98. The van der Waals surface area contributed by atoms with Crippen LogP contribution < -0.4 is 0 Å². The normalized spacial score (nSPS) is 9.78. The van der Waals surface area contributed by atoms with Crippen LogP contribution in [0, 0.1) is 12.8 Å². The third-order valence-corrected chi connectivity index (χ3v) is 1.98. The van der Waals surface area contributed by atoms with Gasteiger partial charge in [0.05, 0.1) is 0 Å². The zero-order chi connectivity index (χ0) is 14.8. The van der Waals surface area contributed by atoms with Crippen molar-refractivity contribution < 1.29 is 24.3 Å². The fourth-order valence-electron chi connectivity index (χ4n) is 1.03. The summed E-state index contributed by atoms with van der Waals surface area (Å²) in [5.74, 6) is 0.0787. The van der Waals surface area contributed by atoms with Gasteiger partial charge >= 0.3 is 19.5 Å². The van der Waals surface area contributed by atoms with Gasteiger partial charge in [-0.15, -0.1) is 11.5 Å². The molecule has 18 heavy (non-hydrogen) atoms. The van der Waals surface area contributed by atoms with Crippen molar-refractivity contribution in [3.05, 3.63) is 41.1 Å². The van der Waals surface area contributed by atoms with Crippen LogP contribution in [0.2, 0.25) is 0 Å². The second-order valence-corrected chi connectivity index (χ2v) is 4.77. The number of benzene rings is 1. The number of nitrogens with one attached hydrogen (secondary N) is 1. The molecule has 0 aliphatic rings. The van der Waals surface area contributed by atoms with E-state index >= 15 is 0 Å². The Balaban J connectivity index is 0. The molecule has 0 heterocycles. The molecule has 0 aromatic heterocycles. The molecule has 1 aromatic carbocycles. The van der Waals surface area contributed by atoms with Gasteiger partial charge < -0.3 is 10.5 Å². The van der Waals surface area contributed by atoms with Gasteiger partial charge in [0.2, 0.25) is 0 Å². The minimum atomic E-state index is -0.466. The van der Waals surface area contributed by atoms with Crippen molar-refractivity contribution in [1.29, 1.82) is 0 Å². The SMILES string of the molecule is CC(C)[C-]=O.Cc1cccc(C(C)(C)[NH-])c1.[O]=[Co]. The molecule has 0 fully saturated rings. The van der Waals surface area contributed by atoms with Gasteiger partial charge in [-0.25, -0.2) is 0 Å². The molecule has 1 N–H and O–H groups in total. The van der Waals surface area contributed by atoms with Crippen LogP contribution in [0.25, 0.3) is 5.73 Å².